The van der Waals surface area contributed by atoms with Crippen molar-refractivity contribution in [2.24, 2.45) is 0 Å². The molecule has 2 N–H and O–H groups in total. The molecule has 0 atom stereocenters. The van der Waals surface area contributed by atoms with Crippen LogP contribution in [-0.4, -0.2) is 65.7 Å². The number of hydrogen-bond acceptors (Lipinski definition) is 3. The maximum atomic E-state index is 12.2. The quantitative estimate of drug-likeness (QED) is 0.809. The van der Waals surface area contributed by atoms with Crippen molar-refractivity contribution in [3.63, 3.8) is 0 Å². The summed E-state index contributed by atoms with van der Waals surface area (Å²) >= 11 is 0. The molecule has 2 rings (SSSR count). The van der Waals surface area contributed by atoms with E-state index in [1.54, 1.807) is 24.1 Å². The van der Waals surface area contributed by atoms with Crippen LogP contribution in [0.2, 0.25) is 0 Å². The van der Waals surface area contributed by atoms with Gasteiger partial charge in [-0.25, -0.2) is 0 Å². The van der Waals surface area contributed by atoms with Gasteiger partial charge in [0.15, 0.2) is 5.78 Å². The second-order valence-corrected chi connectivity index (χ2v) is 5.28. The lowest BCUT2D eigenvalue weighted by Gasteiger charge is -2.18. The van der Waals surface area contributed by atoms with Crippen molar-refractivity contribution < 1.29 is 9.59 Å². The second-order valence-electron chi connectivity index (χ2n) is 5.28. The van der Waals surface area contributed by atoms with Crippen LogP contribution in [0.15, 0.2) is 12.1 Å². The molecular formula is C14H20N4O2. The summed E-state index contributed by atoms with van der Waals surface area (Å²) in [4.78, 5) is 33.2. The summed E-state index contributed by atoms with van der Waals surface area (Å²) in [5, 5.41) is 0.847. The maximum absolute atomic E-state index is 12.2. The van der Waals surface area contributed by atoms with Crippen LogP contribution in [0.5, 0.6) is 0 Å². The van der Waals surface area contributed by atoms with Crippen LogP contribution in [-0.2, 0) is 0 Å². The lowest BCUT2D eigenvalue weighted by Crippen LogP contribution is -2.33. The van der Waals surface area contributed by atoms with Gasteiger partial charge in [0.05, 0.1) is 5.69 Å². The molecule has 0 saturated carbocycles. The highest BCUT2D eigenvalue weighted by Crippen LogP contribution is 2.17. The summed E-state index contributed by atoms with van der Waals surface area (Å²) in [6.07, 6.45) is 0. The van der Waals surface area contributed by atoms with E-state index in [9.17, 15) is 9.59 Å². The van der Waals surface area contributed by atoms with E-state index >= 15 is 0 Å². The lowest BCUT2D eigenvalue weighted by atomic mass is 10.3. The highest BCUT2D eigenvalue weighted by atomic mass is 16.2. The molecule has 0 aliphatic heterocycles. The zero-order valence-electron chi connectivity index (χ0n) is 12.3. The molecule has 2 aromatic rings. The normalized spacial score (nSPS) is 11.2. The average molecular weight is 276 g/mol. The summed E-state index contributed by atoms with van der Waals surface area (Å²) in [6.45, 7) is 2.98. The highest BCUT2D eigenvalue weighted by Gasteiger charge is 2.16. The van der Waals surface area contributed by atoms with Crippen LogP contribution < -0.4 is 0 Å². The van der Waals surface area contributed by atoms with E-state index in [0.717, 1.165) is 11.9 Å². The number of likely N-dealkylation sites (N-methyl/N-ethyl adjacent to an activating group) is 2. The maximum Gasteiger partial charge on any atom is 0.270 e. The minimum absolute atomic E-state index is 0.0226. The van der Waals surface area contributed by atoms with Gasteiger partial charge in [-0.3, -0.25) is 9.59 Å². The Bertz CT molecular complexity index is 607. The largest absolute Gasteiger partial charge is 0.339 e. The van der Waals surface area contributed by atoms with Crippen molar-refractivity contribution in [1.82, 2.24) is 19.8 Å². The predicted octanol–water partition coefficient (Wildman–Crippen LogP) is 1.33. The minimum atomic E-state index is -0.0548. The standard InChI is InChI=1S/C14H20N4O2/c1-9(19)11-7-10-8-12(16-13(10)15-11)14(20)18(4)6-5-17(2)3/h7-8,15-16H,5-6H2,1-4H3. The summed E-state index contributed by atoms with van der Waals surface area (Å²) in [5.74, 6) is -0.0774. The number of aromatic nitrogens is 2. The number of aromatic amines is 2. The van der Waals surface area contributed by atoms with Gasteiger partial charge in [-0.1, -0.05) is 0 Å². The molecule has 2 aromatic heterocycles. The fourth-order valence-corrected chi connectivity index (χ4v) is 1.98. The molecule has 0 radical (unpaired) electrons. The van der Waals surface area contributed by atoms with Gasteiger partial charge in [-0.2, -0.15) is 0 Å². The molecule has 0 unspecified atom stereocenters. The second kappa shape index (κ2) is 5.50. The van der Waals surface area contributed by atoms with E-state index in [4.69, 9.17) is 0 Å². The molecule has 0 fully saturated rings. The molecule has 20 heavy (non-hydrogen) atoms. The number of amides is 1. The Kier molecular flexibility index (Phi) is 3.94. The summed E-state index contributed by atoms with van der Waals surface area (Å²) in [5.41, 5.74) is 1.79. The van der Waals surface area contributed by atoms with E-state index in [0.29, 0.717) is 23.6 Å². The SMILES string of the molecule is CC(=O)c1cc2cc(C(=O)N(C)CCN(C)C)[nH]c2[nH]1. The van der Waals surface area contributed by atoms with E-state index < -0.39 is 0 Å². The molecule has 108 valence electrons. The highest BCUT2D eigenvalue weighted by molar-refractivity contribution is 6.01. The smallest absolute Gasteiger partial charge is 0.270 e. The van der Waals surface area contributed by atoms with Crippen LogP contribution in [0.25, 0.3) is 11.0 Å². The van der Waals surface area contributed by atoms with E-state index in [1.807, 2.05) is 19.0 Å². The van der Waals surface area contributed by atoms with E-state index in [2.05, 4.69) is 9.97 Å². The van der Waals surface area contributed by atoms with Crippen LogP contribution in [0, 0.1) is 0 Å². The van der Waals surface area contributed by atoms with Gasteiger partial charge in [0.1, 0.15) is 11.3 Å². The van der Waals surface area contributed by atoms with Gasteiger partial charge >= 0.3 is 0 Å². The molecular weight excluding hydrogens is 256 g/mol. The Morgan fingerprint density at radius 1 is 1.05 bits per heavy atom. The van der Waals surface area contributed by atoms with Crippen LogP contribution in [0.3, 0.4) is 0 Å². The number of nitrogens with zero attached hydrogens (tertiary/aromatic N) is 2. The van der Waals surface area contributed by atoms with E-state index in [1.165, 1.54) is 6.92 Å². The molecule has 1 amide bonds. The van der Waals surface area contributed by atoms with Gasteiger partial charge in [0, 0.05) is 32.4 Å². The molecule has 0 aliphatic carbocycles. The fourth-order valence-electron chi connectivity index (χ4n) is 1.98. The first-order chi connectivity index (χ1) is 9.38. The zero-order chi connectivity index (χ0) is 14.9. The number of hydrogen-bond donors (Lipinski definition) is 2. The number of ketones is 1. The minimum Gasteiger partial charge on any atom is -0.339 e. The van der Waals surface area contributed by atoms with Crippen molar-refractivity contribution in [3.8, 4) is 0 Å². The molecule has 2 heterocycles. The third-order valence-electron chi connectivity index (χ3n) is 3.25. The van der Waals surface area contributed by atoms with Gasteiger partial charge in [-0.05, 0) is 26.2 Å². The molecule has 6 nitrogen and oxygen atoms in total. The number of carbonyl (C=O) groups excluding carboxylic acids is 2. The molecule has 0 aliphatic rings. The first-order valence-electron chi connectivity index (χ1n) is 6.51. The van der Waals surface area contributed by atoms with Gasteiger partial charge in [-0.15, -0.1) is 0 Å². The first kappa shape index (κ1) is 14.3. The molecule has 0 bridgehead atoms. The summed E-state index contributed by atoms with van der Waals surface area (Å²) in [7, 11) is 5.72. The van der Waals surface area contributed by atoms with Gasteiger partial charge in [0.25, 0.3) is 5.91 Å². The number of H-pyrrole nitrogens is 2. The van der Waals surface area contributed by atoms with Crippen molar-refractivity contribution >= 4 is 22.7 Å². The number of Topliss-reactive ketones (excluding diaryl/α,β-unsaturated/α-hetero) is 1. The number of carbonyl (C=O) groups is 2. The van der Waals surface area contributed by atoms with Crippen molar-refractivity contribution in [3.05, 3.63) is 23.5 Å². The van der Waals surface area contributed by atoms with Crippen molar-refractivity contribution in [2.45, 2.75) is 6.92 Å². The Balaban J connectivity index is 2.14. The monoisotopic (exact) mass is 276 g/mol. The summed E-state index contributed by atoms with van der Waals surface area (Å²) in [6, 6.07) is 3.53. The molecule has 6 heteroatoms. The Morgan fingerprint density at radius 3 is 2.20 bits per heavy atom. The predicted molar refractivity (Wildman–Crippen MR) is 78.2 cm³/mol. The topological polar surface area (TPSA) is 72.2 Å². The van der Waals surface area contributed by atoms with Crippen molar-refractivity contribution in [1.29, 1.82) is 0 Å². The van der Waals surface area contributed by atoms with Gasteiger partial charge in [0.2, 0.25) is 0 Å². The van der Waals surface area contributed by atoms with Crippen LogP contribution >= 0.6 is 0 Å². The van der Waals surface area contributed by atoms with E-state index in [-0.39, 0.29) is 11.7 Å². The Hall–Kier alpha value is -2.08. The third kappa shape index (κ3) is 2.91. The molecule has 0 spiro atoms. The first-order valence-corrected chi connectivity index (χ1v) is 6.51. The van der Waals surface area contributed by atoms with Crippen LogP contribution in [0.1, 0.15) is 27.9 Å². The average Bonchev–Trinajstić information content (AvgIpc) is 2.92. The molecule has 0 saturated heterocycles. The van der Waals surface area contributed by atoms with Crippen LogP contribution in [0.4, 0.5) is 0 Å². The third-order valence-corrected chi connectivity index (χ3v) is 3.25. The van der Waals surface area contributed by atoms with Gasteiger partial charge < -0.3 is 19.8 Å². The fraction of sp³-hybridized carbons (Fsp3) is 0.429. The Morgan fingerprint density at radius 2 is 1.65 bits per heavy atom. The molecule has 0 aromatic carbocycles. The summed E-state index contributed by atoms with van der Waals surface area (Å²) < 4.78 is 0. The van der Waals surface area contributed by atoms with Crippen molar-refractivity contribution in [2.75, 3.05) is 34.2 Å². The Labute approximate surface area is 117 Å². The number of nitrogens with one attached hydrogen (secondary N) is 2. The number of fused-ring (bicyclic) bond motifs is 1. The zero-order valence-corrected chi connectivity index (χ0v) is 12.3. The lowest BCUT2D eigenvalue weighted by molar-refractivity contribution is 0.0781. The number of rotatable bonds is 5.